The molecule has 1 aliphatic carbocycles. The minimum absolute atomic E-state index is 0. The molecule has 0 amide bonds. The second kappa shape index (κ2) is 10.4. The third-order valence-corrected chi connectivity index (χ3v) is 4.84. The summed E-state index contributed by atoms with van der Waals surface area (Å²) in [6.07, 6.45) is 5.32. The lowest BCUT2D eigenvalue weighted by Gasteiger charge is -2.14. The maximum absolute atomic E-state index is 5.98. The predicted molar refractivity (Wildman–Crippen MR) is 125 cm³/mol. The van der Waals surface area contributed by atoms with E-state index < -0.39 is 0 Å². The number of ether oxygens (including phenoxy) is 1. The highest BCUT2D eigenvalue weighted by atomic mass is 127. The quantitative estimate of drug-likeness (QED) is 0.279. The zero-order valence-electron chi connectivity index (χ0n) is 16.5. The standard InChI is InChI=1S/C21H26N6O.HI/c1-22-21(23-12-11-20-26-25-19-8-4-5-13-27(19)20)24-14-17-6-2-3-7-18(17)28-15-16-9-10-16;/h2-8,13,16H,9-12,14-15H2,1H3,(H2,22,23,24);1H. The molecule has 8 heteroatoms. The maximum atomic E-state index is 5.98. The Bertz CT molecular complexity index is 953. The average Bonchev–Trinajstić information content (AvgIpc) is 3.48. The summed E-state index contributed by atoms with van der Waals surface area (Å²) in [6, 6.07) is 14.1. The third kappa shape index (κ3) is 5.81. The number of aliphatic imine (C=N–C) groups is 1. The molecule has 0 radical (unpaired) electrons. The van der Waals surface area contributed by atoms with Gasteiger partial charge in [-0.15, -0.1) is 34.2 Å². The van der Waals surface area contributed by atoms with Gasteiger partial charge in [-0.1, -0.05) is 24.3 Å². The highest BCUT2D eigenvalue weighted by Crippen LogP contribution is 2.30. The number of fused-ring (bicyclic) bond motifs is 1. The normalized spacial score (nSPS) is 13.8. The van der Waals surface area contributed by atoms with Gasteiger partial charge in [0.1, 0.15) is 11.6 Å². The molecule has 1 fully saturated rings. The van der Waals surface area contributed by atoms with E-state index in [4.69, 9.17) is 4.74 Å². The number of para-hydroxylation sites is 1. The van der Waals surface area contributed by atoms with E-state index in [9.17, 15) is 0 Å². The van der Waals surface area contributed by atoms with E-state index in [1.165, 1.54) is 12.8 Å². The Hall–Kier alpha value is -2.36. The van der Waals surface area contributed by atoms with Crippen molar-refractivity contribution in [3.05, 3.63) is 60.0 Å². The molecule has 0 aliphatic heterocycles. The van der Waals surface area contributed by atoms with Crippen LogP contribution in [0.25, 0.3) is 5.65 Å². The van der Waals surface area contributed by atoms with Gasteiger partial charge in [0.15, 0.2) is 11.6 Å². The summed E-state index contributed by atoms with van der Waals surface area (Å²) in [5, 5.41) is 15.1. The van der Waals surface area contributed by atoms with Gasteiger partial charge in [-0.25, -0.2) is 0 Å². The first-order valence-electron chi connectivity index (χ1n) is 9.77. The fourth-order valence-corrected chi connectivity index (χ4v) is 3.04. The van der Waals surface area contributed by atoms with Crippen LogP contribution in [0, 0.1) is 5.92 Å². The Balaban J connectivity index is 0.00000240. The van der Waals surface area contributed by atoms with Gasteiger partial charge in [-0.05, 0) is 37.0 Å². The number of rotatable bonds is 8. The topological polar surface area (TPSA) is 75.8 Å². The van der Waals surface area contributed by atoms with E-state index in [0.29, 0.717) is 6.54 Å². The van der Waals surface area contributed by atoms with Crippen LogP contribution in [-0.4, -0.2) is 40.8 Å². The number of hydrogen-bond donors (Lipinski definition) is 2. The van der Waals surface area contributed by atoms with Crippen molar-refractivity contribution in [1.82, 2.24) is 25.2 Å². The summed E-state index contributed by atoms with van der Waals surface area (Å²) in [4.78, 5) is 4.31. The first-order chi connectivity index (χ1) is 13.8. The fourth-order valence-electron chi connectivity index (χ4n) is 3.04. The molecule has 7 nitrogen and oxygen atoms in total. The Kier molecular flexibility index (Phi) is 7.68. The van der Waals surface area contributed by atoms with E-state index in [2.05, 4.69) is 31.9 Å². The molecule has 2 aromatic heterocycles. The molecular weight excluding hydrogens is 479 g/mol. The summed E-state index contributed by atoms with van der Waals surface area (Å²) in [6.45, 7) is 2.19. The maximum Gasteiger partial charge on any atom is 0.191 e. The van der Waals surface area contributed by atoms with Crippen molar-refractivity contribution in [1.29, 1.82) is 0 Å². The summed E-state index contributed by atoms with van der Waals surface area (Å²) >= 11 is 0. The summed E-state index contributed by atoms with van der Waals surface area (Å²) in [7, 11) is 1.78. The molecule has 2 heterocycles. The van der Waals surface area contributed by atoms with Gasteiger partial charge in [0.2, 0.25) is 0 Å². The Morgan fingerprint density at radius 2 is 1.97 bits per heavy atom. The van der Waals surface area contributed by atoms with Gasteiger partial charge in [0.05, 0.1) is 6.61 Å². The number of halogens is 1. The van der Waals surface area contributed by atoms with Crippen molar-refractivity contribution in [2.75, 3.05) is 20.2 Å². The van der Waals surface area contributed by atoms with Gasteiger partial charge < -0.3 is 15.4 Å². The van der Waals surface area contributed by atoms with E-state index in [1.807, 2.05) is 47.0 Å². The largest absolute Gasteiger partial charge is 0.493 e. The molecule has 154 valence electrons. The number of hydrogen-bond acceptors (Lipinski definition) is 4. The van der Waals surface area contributed by atoms with E-state index in [1.54, 1.807) is 7.05 Å². The molecule has 0 spiro atoms. The van der Waals surface area contributed by atoms with Crippen LogP contribution in [0.4, 0.5) is 0 Å². The lowest BCUT2D eigenvalue weighted by Crippen LogP contribution is -2.38. The van der Waals surface area contributed by atoms with Crippen molar-refractivity contribution in [3.8, 4) is 5.75 Å². The number of pyridine rings is 1. The molecule has 1 aromatic carbocycles. The number of nitrogens with one attached hydrogen (secondary N) is 2. The van der Waals surface area contributed by atoms with Crippen molar-refractivity contribution in [3.63, 3.8) is 0 Å². The molecule has 0 atom stereocenters. The van der Waals surface area contributed by atoms with Crippen LogP contribution in [0.5, 0.6) is 5.75 Å². The summed E-state index contributed by atoms with van der Waals surface area (Å²) < 4.78 is 7.99. The van der Waals surface area contributed by atoms with Gasteiger partial charge in [0.25, 0.3) is 0 Å². The third-order valence-electron chi connectivity index (χ3n) is 4.84. The minimum atomic E-state index is 0. The van der Waals surface area contributed by atoms with Crippen LogP contribution in [0.3, 0.4) is 0 Å². The van der Waals surface area contributed by atoms with Crippen LogP contribution >= 0.6 is 24.0 Å². The van der Waals surface area contributed by atoms with Crippen molar-refractivity contribution >= 4 is 35.6 Å². The molecule has 0 bridgehead atoms. The Morgan fingerprint density at radius 3 is 2.79 bits per heavy atom. The van der Waals surface area contributed by atoms with Gasteiger partial charge >= 0.3 is 0 Å². The molecule has 1 aliphatic rings. The van der Waals surface area contributed by atoms with Crippen LogP contribution in [0.1, 0.15) is 24.2 Å². The Labute approximate surface area is 188 Å². The van der Waals surface area contributed by atoms with Gasteiger partial charge in [0, 0.05) is 38.3 Å². The smallest absolute Gasteiger partial charge is 0.191 e. The van der Waals surface area contributed by atoms with Crippen molar-refractivity contribution in [2.45, 2.75) is 25.8 Å². The van der Waals surface area contributed by atoms with Crippen molar-refractivity contribution < 1.29 is 4.74 Å². The van der Waals surface area contributed by atoms with E-state index in [-0.39, 0.29) is 24.0 Å². The lowest BCUT2D eigenvalue weighted by atomic mass is 10.2. The summed E-state index contributed by atoms with van der Waals surface area (Å²) in [5.41, 5.74) is 2.00. The number of benzene rings is 1. The molecule has 0 unspecified atom stereocenters. The first kappa shape index (κ1) is 21.4. The average molecular weight is 506 g/mol. The fraction of sp³-hybridized carbons (Fsp3) is 0.381. The molecule has 2 N–H and O–H groups in total. The summed E-state index contributed by atoms with van der Waals surface area (Å²) in [5.74, 6) is 3.37. The highest BCUT2D eigenvalue weighted by molar-refractivity contribution is 14.0. The monoisotopic (exact) mass is 506 g/mol. The van der Waals surface area contributed by atoms with Crippen molar-refractivity contribution in [2.24, 2.45) is 10.9 Å². The van der Waals surface area contributed by atoms with Crippen LogP contribution in [0.15, 0.2) is 53.7 Å². The number of guanidine groups is 1. The predicted octanol–water partition coefficient (Wildman–Crippen LogP) is 3.04. The van der Waals surface area contributed by atoms with Crippen LogP contribution in [0.2, 0.25) is 0 Å². The number of nitrogens with zero attached hydrogens (tertiary/aromatic N) is 4. The van der Waals surface area contributed by atoms with Crippen LogP contribution in [-0.2, 0) is 13.0 Å². The number of aromatic nitrogens is 3. The SMILES string of the molecule is CN=C(NCCc1nnc2ccccn12)NCc1ccccc1OCC1CC1.I. The zero-order valence-corrected chi connectivity index (χ0v) is 18.9. The molecule has 1 saturated carbocycles. The molecule has 29 heavy (non-hydrogen) atoms. The first-order valence-corrected chi connectivity index (χ1v) is 9.77. The molecular formula is C21H27IN6O. The minimum Gasteiger partial charge on any atom is -0.493 e. The van der Waals surface area contributed by atoms with Crippen LogP contribution < -0.4 is 15.4 Å². The van der Waals surface area contributed by atoms with E-state index >= 15 is 0 Å². The van der Waals surface area contributed by atoms with E-state index in [0.717, 1.165) is 54.2 Å². The lowest BCUT2D eigenvalue weighted by molar-refractivity contribution is 0.296. The molecule has 0 saturated heterocycles. The Morgan fingerprint density at radius 1 is 1.14 bits per heavy atom. The second-order valence-corrected chi connectivity index (χ2v) is 7.01. The molecule has 4 rings (SSSR count). The molecule has 3 aromatic rings. The highest BCUT2D eigenvalue weighted by Gasteiger charge is 2.22. The zero-order chi connectivity index (χ0) is 19.2. The van der Waals surface area contributed by atoms with Gasteiger partial charge in [-0.2, -0.15) is 0 Å². The van der Waals surface area contributed by atoms with Gasteiger partial charge in [-0.3, -0.25) is 9.39 Å². The second-order valence-electron chi connectivity index (χ2n) is 7.01.